The van der Waals surface area contributed by atoms with Crippen LogP contribution in [0.25, 0.3) is 33.9 Å². The number of nitrogens with one attached hydrogen (secondary N) is 2. The second-order valence-electron chi connectivity index (χ2n) is 6.19. The predicted octanol–water partition coefficient (Wildman–Crippen LogP) is 5.57. The highest BCUT2D eigenvalue weighted by Gasteiger charge is 2.26. The van der Waals surface area contributed by atoms with Crippen LogP contribution in [-0.2, 0) is 0 Å². The van der Waals surface area contributed by atoms with Gasteiger partial charge in [0.25, 0.3) is 0 Å². The van der Waals surface area contributed by atoms with Gasteiger partial charge in [-0.25, -0.2) is 9.97 Å². The third-order valence-electron chi connectivity index (χ3n) is 4.62. The van der Waals surface area contributed by atoms with E-state index in [1.165, 1.54) is 0 Å². The molecule has 0 aliphatic carbocycles. The molecule has 4 heterocycles. The Labute approximate surface area is 170 Å². The SMILES string of the molecule is COc1ccc(Cl)c(-c2nc3c([nH]2)-c2ccncc2Nc2ncccc2-3)c1Cl. The van der Waals surface area contributed by atoms with E-state index in [2.05, 4.69) is 20.3 Å². The fourth-order valence-corrected chi connectivity index (χ4v) is 3.95. The molecule has 0 saturated carbocycles. The third kappa shape index (κ3) is 2.53. The molecular formula is C20H13Cl2N5O. The molecule has 1 aliphatic heterocycles. The topological polar surface area (TPSA) is 75.7 Å². The van der Waals surface area contributed by atoms with E-state index in [9.17, 15) is 0 Å². The van der Waals surface area contributed by atoms with E-state index in [0.29, 0.717) is 33.0 Å². The molecule has 28 heavy (non-hydrogen) atoms. The molecule has 0 spiro atoms. The van der Waals surface area contributed by atoms with E-state index in [1.807, 2.05) is 18.2 Å². The molecule has 6 nitrogen and oxygen atoms in total. The van der Waals surface area contributed by atoms with Crippen LogP contribution in [0.4, 0.5) is 11.5 Å². The molecule has 0 amide bonds. The normalized spacial score (nSPS) is 11.7. The molecular weight excluding hydrogens is 397 g/mol. The Bertz CT molecular complexity index is 1160. The number of pyridine rings is 2. The van der Waals surface area contributed by atoms with E-state index in [0.717, 1.165) is 28.2 Å². The highest BCUT2D eigenvalue weighted by molar-refractivity contribution is 6.40. The largest absolute Gasteiger partial charge is 0.495 e. The molecule has 2 N–H and O–H groups in total. The van der Waals surface area contributed by atoms with Crippen LogP contribution in [0.1, 0.15) is 0 Å². The number of anilines is 2. The van der Waals surface area contributed by atoms with Gasteiger partial charge in [0.05, 0.1) is 40.3 Å². The van der Waals surface area contributed by atoms with Gasteiger partial charge in [-0.2, -0.15) is 0 Å². The summed E-state index contributed by atoms with van der Waals surface area (Å²) in [5.74, 6) is 1.79. The zero-order valence-corrected chi connectivity index (χ0v) is 16.1. The molecule has 138 valence electrons. The molecule has 3 aromatic heterocycles. The van der Waals surface area contributed by atoms with Crippen LogP contribution >= 0.6 is 23.2 Å². The molecule has 4 aromatic rings. The van der Waals surface area contributed by atoms with Crippen LogP contribution < -0.4 is 10.1 Å². The van der Waals surface area contributed by atoms with Crippen molar-refractivity contribution in [3.63, 3.8) is 0 Å². The van der Waals surface area contributed by atoms with E-state index < -0.39 is 0 Å². The Balaban J connectivity index is 1.81. The maximum atomic E-state index is 6.54. The summed E-state index contributed by atoms with van der Waals surface area (Å²) in [6.07, 6.45) is 5.23. The average Bonchev–Trinajstić information content (AvgIpc) is 3.08. The van der Waals surface area contributed by atoms with Gasteiger partial charge in [-0.15, -0.1) is 0 Å². The first-order valence-corrected chi connectivity index (χ1v) is 9.22. The lowest BCUT2D eigenvalue weighted by Gasteiger charge is -2.10. The standard InChI is InChI=1S/C20H13Cl2N5O/c1-28-14-5-4-12(21)15(16(14)22)20-26-17-10-6-8-23-9-13(10)25-19-11(18(17)27-20)3-2-7-24-19/h2-9H,1H3,(H,24,25)(H,26,27). The summed E-state index contributed by atoms with van der Waals surface area (Å²) in [6, 6.07) is 9.23. The number of halogens is 2. The Kier molecular flexibility index (Phi) is 3.96. The molecule has 0 atom stereocenters. The number of fused-ring (bicyclic) bond motifs is 5. The number of ether oxygens (including phenoxy) is 1. The molecule has 0 unspecified atom stereocenters. The van der Waals surface area contributed by atoms with Crippen molar-refractivity contribution in [2.24, 2.45) is 0 Å². The van der Waals surface area contributed by atoms with Gasteiger partial charge in [-0.05, 0) is 30.3 Å². The molecule has 1 aromatic carbocycles. The summed E-state index contributed by atoms with van der Waals surface area (Å²) in [5, 5.41) is 4.21. The Morgan fingerprint density at radius 2 is 1.93 bits per heavy atom. The van der Waals surface area contributed by atoms with Gasteiger partial charge in [-0.1, -0.05) is 23.2 Å². The number of benzene rings is 1. The fourth-order valence-electron chi connectivity index (χ4n) is 3.33. The summed E-state index contributed by atoms with van der Waals surface area (Å²) in [5.41, 5.74) is 4.80. The van der Waals surface area contributed by atoms with Gasteiger partial charge in [-0.3, -0.25) is 4.98 Å². The molecule has 1 aliphatic rings. The average molecular weight is 410 g/mol. The third-order valence-corrected chi connectivity index (χ3v) is 5.31. The van der Waals surface area contributed by atoms with Crippen molar-refractivity contribution in [1.29, 1.82) is 0 Å². The van der Waals surface area contributed by atoms with E-state index in [4.69, 9.17) is 32.9 Å². The first kappa shape index (κ1) is 17.0. The molecule has 0 radical (unpaired) electrons. The predicted molar refractivity (Wildman–Crippen MR) is 110 cm³/mol. The van der Waals surface area contributed by atoms with Crippen LogP contribution in [0.2, 0.25) is 10.0 Å². The molecule has 5 rings (SSSR count). The second-order valence-corrected chi connectivity index (χ2v) is 6.98. The molecule has 0 saturated heterocycles. The monoisotopic (exact) mass is 409 g/mol. The van der Waals surface area contributed by atoms with Crippen molar-refractivity contribution in [1.82, 2.24) is 19.9 Å². The van der Waals surface area contributed by atoms with Gasteiger partial charge in [0.2, 0.25) is 0 Å². The fraction of sp³-hybridized carbons (Fsp3) is 0.0500. The summed E-state index contributed by atoms with van der Waals surface area (Å²) in [4.78, 5) is 16.9. The summed E-state index contributed by atoms with van der Waals surface area (Å²) in [7, 11) is 1.56. The number of rotatable bonds is 2. The minimum Gasteiger partial charge on any atom is -0.495 e. The summed E-state index contributed by atoms with van der Waals surface area (Å²) in [6.45, 7) is 0. The molecule has 0 fully saturated rings. The lowest BCUT2D eigenvalue weighted by atomic mass is 10.1. The lowest BCUT2D eigenvalue weighted by Crippen LogP contribution is -1.96. The van der Waals surface area contributed by atoms with Crippen molar-refractivity contribution in [2.75, 3.05) is 12.4 Å². The summed E-state index contributed by atoms with van der Waals surface area (Å²) < 4.78 is 5.34. The van der Waals surface area contributed by atoms with Crippen molar-refractivity contribution in [2.45, 2.75) is 0 Å². The number of nitrogens with zero attached hydrogens (tertiary/aromatic N) is 3. The number of hydrogen-bond acceptors (Lipinski definition) is 5. The lowest BCUT2D eigenvalue weighted by molar-refractivity contribution is 0.415. The van der Waals surface area contributed by atoms with Gasteiger partial charge >= 0.3 is 0 Å². The number of hydrogen-bond donors (Lipinski definition) is 2. The van der Waals surface area contributed by atoms with E-state index in [-0.39, 0.29) is 0 Å². The van der Waals surface area contributed by atoms with Crippen LogP contribution in [0.5, 0.6) is 5.75 Å². The smallest absolute Gasteiger partial charge is 0.141 e. The van der Waals surface area contributed by atoms with Gasteiger partial charge in [0.1, 0.15) is 23.1 Å². The zero-order chi connectivity index (χ0) is 19.3. The quantitative estimate of drug-likeness (QED) is 0.398. The van der Waals surface area contributed by atoms with Crippen molar-refractivity contribution >= 4 is 34.7 Å². The Morgan fingerprint density at radius 1 is 1.04 bits per heavy atom. The van der Waals surface area contributed by atoms with Gasteiger partial charge in [0.15, 0.2) is 0 Å². The van der Waals surface area contributed by atoms with E-state index >= 15 is 0 Å². The number of imidazole rings is 1. The Morgan fingerprint density at radius 3 is 2.79 bits per heavy atom. The summed E-state index contributed by atoms with van der Waals surface area (Å²) >= 11 is 13.0. The molecule has 8 heteroatoms. The first-order chi connectivity index (χ1) is 13.7. The van der Waals surface area contributed by atoms with Gasteiger partial charge in [0, 0.05) is 23.5 Å². The van der Waals surface area contributed by atoms with Crippen molar-refractivity contribution in [3.8, 4) is 39.7 Å². The maximum Gasteiger partial charge on any atom is 0.141 e. The maximum absolute atomic E-state index is 6.54. The molecule has 0 bridgehead atoms. The van der Waals surface area contributed by atoms with Crippen LogP contribution in [0.15, 0.2) is 48.9 Å². The highest BCUT2D eigenvalue weighted by Crippen LogP contribution is 2.45. The number of H-pyrrole nitrogens is 1. The number of aromatic nitrogens is 4. The van der Waals surface area contributed by atoms with Crippen molar-refractivity contribution in [3.05, 3.63) is 59.0 Å². The minimum absolute atomic E-state index is 0.401. The zero-order valence-electron chi connectivity index (χ0n) is 14.6. The minimum atomic E-state index is 0.401. The van der Waals surface area contributed by atoms with Crippen LogP contribution in [0.3, 0.4) is 0 Å². The van der Waals surface area contributed by atoms with Crippen LogP contribution in [-0.4, -0.2) is 27.0 Å². The Hall–Kier alpha value is -3.09. The first-order valence-electron chi connectivity index (χ1n) is 8.46. The van der Waals surface area contributed by atoms with Crippen molar-refractivity contribution < 1.29 is 4.74 Å². The highest BCUT2D eigenvalue weighted by atomic mass is 35.5. The second kappa shape index (κ2) is 6.51. The number of methoxy groups -OCH3 is 1. The van der Waals surface area contributed by atoms with Gasteiger partial charge < -0.3 is 15.0 Å². The number of aromatic amines is 1. The van der Waals surface area contributed by atoms with E-state index in [1.54, 1.807) is 37.8 Å². The van der Waals surface area contributed by atoms with Crippen LogP contribution in [0, 0.1) is 0 Å².